The summed E-state index contributed by atoms with van der Waals surface area (Å²) in [6.45, 7) is 3.47. The topological polar surface area (TPSA) is 84.5 Å². The van der Waals surface area contributed by atoms with Crippen molar-refractivity contribution in [3.05, 3.63) is 59.7 Å². The van der Waals surface area contributed by atoms with Gasteiger partial charge in [-0.1, -0.05) is 12.1 Å². The molecule has 0 fully saturated rings. The van der Waals surface area contributed by atoms with Gasteiger partial charge in [0.15, 0.2) is 5.78 Å². The van der Waals surface area contributed by atoms with E-state index in [1.54, 1.807) is 55.5 Å². The summed E-state index contributed by atoms with van der Waals surface area (Å²) in [6, 6.07) is 13.1. The van der Waals surface area contributed by atoms with Gasteiger partial charge in [-0.3, -0.25) is 14.9 Å². The van der Waals surface area contributed by atoms with Gasteiger partial charge in [0.05, 0.1) is 6.61 Å². The van der Waals surface area contributed by atoms with Gasteiger partial charge in [0, 0.05) is 22.5 Å². The van der Waals surface area contributed by atoms with E-state index in [9.17, 15) is 14.4 Å². The number of ketones is 1. The molecule has 0 aliphatic carbocycles. The summed E-state index contributed by atoms with van der Waals surface area (Å²) in [5.41, 5.74) is 2.03. The Balaban J connectivity index is 2.03. The van der Waals surface area contributed by atoms with Crippen LogP contribution in [0.5, 0.6) is 0 Å². The van der Waals surface area contributed by atoms with E-state index in [-0.39, 0.29) is 18.3 Å². The van der Waals surface area contributed by atoms with E-state index < -0.39 is 6.09 Å². The molecule has 0 spiro atoms. The fourth-order valence-corrected chi connectivity index (χ4v) is 2.01. The van der Waals surface area contributed by atoms with Crippen LogP contribution in [-0.2, 0) is 4.74 Å². The number of hydrogen-bond donors (Lipinski definition) is 2. The van der Waals surface area contributed by atoms with Crippen LogP contribution in [0.1, 0.15) is 34.6 Å². The van der Waals surface area contributed by atoms with Crippen molar-refractivity contribution in [2.75, 3.05) is 17.2 Å². The first-order valence-electron chi connectivity index (χ1n) is 7.46. The molecule has 124 valence electrons. The Morgan fingerprint density at radius 3 is 2.25 bits per heavy atom. The molecule has 2 N–H and O–H groups in total. The number of ether oxygens (including phenoxy) is 1. The number of amides is 2. The third kappa shape index (κ3) is 4.67. The zero-order chi connectivity index (χ0) is 17.5. The summed E-state index contributed by atoms with van der Waals surface area (Å²) in [7, 11) is 0. The Labute approximate surface area is 139 Å². The Hall–Kier alpha value is -3.15. The van der Waals surface area contributed by atoms with Crippen LogP contribution in [0.15, 0.2) is 48.5 Å². The number of Topliss-reactive ketones (excluding diaryl/α,β-unsaturated/α-hetero) is 1. The van der Waals surface area contributed by atoms with Gasteiger partial charge in [-0.25, -0.2) is 4.79 Å². The standard InChI is InChI=1S/C18H18N2O4/c1-3-24-18(23)20-15-9-7-13(8-10-15)17(22)19-16-6-4-5-14(11-16)12(2)21/h4-11H,3H2,1-2H3,(H,19,22)(H,20,23). The molecule has 0 bridgehead atoms. The molecule has 0 saturated carbocycles. The lowest BCUT2D eigenvalue weighted by molar-refractivity contribution is 0.101. The minimum atomic E-state index is -0.546. The Bertz CT molecular complexity index is 754. The van der Waals surface area contributed by atoms with Crippen LogP contribution in [0.25, 0.3) is 0 Å². The van der Waals surface area contributed by atoms with Crippen LogP contribution in [-0.4, -0.2) is 24.4 Å². The maximum absolute atomic E-state index is 12.2. The van der Waals surface area contributed by atoms with E-state index in [0.717, 1.165) is 0 Å². The van der Waals surface area contributed by atoms with E-state index in [2.05, 4.69) is 10.6 Å². The Kier molecular flexibility index (Phi) is 5.68. The van der Waals surface area contributed by atoms with Gasteiger partial charge in [0.2, 0.25) is 0 Å². The smallest absolute Gasteiger partial charge is 0.411 e. The number of rotatable bonds is 5. The predicted molar refractivity (Wildman–Crippen MR) is 91.5 cm³/mol. The van der Waals surface area contributed by atoms with Crippen molar-refractivity contribution in [2.24, 2.45) is 0 Å². The van der Waals surface area contributed by atoms with Crippen LogP contribution in [0, 0.1) is 0 Å². The molecular weight excluding hydrogens is 308 g/mol. The van der Waals surface area contributed by atoms with Gasteiger partial charge in [-0.15, -0.1) is 0 Å². The lowest BCUT2D eigenvalue weighted by Gasteiger charge is -2.08. The average Bonchev–Trinajstić information content (AvgIpc) is 2.56. The summed E-state index contributed by atoms with van der Waals surface area (Å²) < 4.78 is 4.78. The second-order valence-corrected chi connectivity index (χ2v) is 5.01. The number of anilines is 2. The SMILES string of the molecule is CCOC(=O)Nc1ccc(C(=O)Nc2cccc(C(C)=O)c2)cc1. The maximum Gasteiger partial charge on any atom is 0.411 e. The van der Waals surface area contributed by atoms with Crippen LogP contribution in [0.3, 0.4) is 0 Å². The Morgan fingerprint density at radius 2 is 1.62 bits per heavy atom. The summed E-state index contributed by atoms with van der Waals surface area (Å²) in [5, 5.41) is 5.28. The van der Waals surface area contributed by atoms with Gasteiger partial charge in [0.25, 0.3) is 5.91 Å². The number of carbonyl (C=O) groups is 3. The third-order valence-corrected chi connectivity index (χ3v) is 3.20. The predicted octanol–water partition coefficient (Wildman–Crippen LogP) is 3.71. The largest absolute Gasteiger partial charge is 0.450 e. The molecule has 2 rings (SSSR count). The Morgan fingerprint density at radius 1 is 0.917 bits per heavy atom. The zero-order valence-electron chi connectivity index (χ0n) is 13.5. The van der Waals surface area contributed by atoms with Crippen LogP contribution >= 0.6 is 0 Å². The molecule has 0 unspecified atom stereocenters. The molecule has 0 radical (unpaired) electrons. The highest BCUT2D eigenvalue weighted by Gasteiger charge is 2.08. The fourth-order valence-electron chi connectivity index (χ4n) is 2.01. The molecule has 0 heterocycles. The summed E-state index contributed by atoms with van der Waals surface area (Å²) in [4.78, 5) is 34.9. The van der Waals surface area contributed by atoms with Gasteiger partial charge in [0.1, 0.15) is 0 Å². The summed E-state index contributed by atoms with van der Waals surface area (Å²) in [6.07, 6.45) is -0.546. The highest BCUT2D eigenvalue weighted by Crippen LogP contribution is 2.15. The molecular formula is C18H18N2O4. The van der Waals surface area contributed by atoms with Crippen molar-refractivity contribution in [1.82, 2.24) is 0 Å². The van der Waals surface area contributed by atoms with Crippen molar-refractivity contribution < 1.29 is 19.1 Å². The molecule has 6 nitrogen and oxygen atoms in total. The van der Waals surface area contributed by atoms with E-state index >= 15 is 0 Å². The van der Waals surface area contributed by atoms with Crippen molar-refractivity contribution in [3.63, 3.8) is 0 Å². The van der Waals surface area contributed by atoms with Crippen molar-refractivity contribution in [3.8, 4) is 0 Å². The summed E-state index contributed by atoms with van der Waals surface area (Å²) in [5.74, 6) is -0.376. The molecule has 6 heteroatoms. The lowest BCUT2D eigenvalue weighted by atomic mass is 10.1. The first kappa shape index (κ1) is 17.2. The third-order valence-electron chi connectivity index (χ3n) is 3.20. The molecule has 0 aliphatic rings. The average molecular weight is 326 g/mol. The monoisotopic (exact) mass is 326 g/mol. The molecule has 0 atom stereocenters. The van der Waals surface area contributed by atoms with Crippen LogP contribution in [0.4, 0.5) is 16.2 Å². The molecule has 2 aromatic rings. The molecule has 24 heavy (non-hydrogen) atoms. The number of carbonyl (C=O) groups excluding carboxylic acids is 3. The highest BCUT2D eigenvalue weighted by atomic mass is 16.5. The summed E-state index contributed by atoms with van der Waals surface area (Å²) >= 11 is 0. The molecule has 0 aromatic heterocycles. The molecule has 2 amide bonds. The van der Waals surface area contributed by atoms with E-state index in [1.807, 2.05) is 0 Å². The number of nitrogens with one attached hydrogen (secondary N) is 2. The minimum Gasteiger partial charge on any atom is -0.450 e. The second-order valence-electron chi connectivity index (χ2n) is 5.01. The minimum absolute atomic E-state index is 0.0690. The van der Waals surface area contributed by atoms with E-state index in [1.165, 1.54) is 6.92 Å². The van der Waals surface area contributed by atoms with E-state index in [4.69, 9.17) is 4.74 Å². The van der Waals surface area contributed by atoms with Gasteiger partial charge >= 0.3 is 6.09 Å². The number of hydrogen-bond acceptors (Lipinski definition) is 4. The van der Waals surface area contributed by atoms with Crippen molar-refractivity contribution >= 4 is 29.2 Å². The lowest BCUT2D eigenvalue weighted by Crippen LogP contribution is -2.14. The highest BCUT2D eigenvalue weighted by molar-refractivity contribution is 6.05. The van der Waals surface area contributed by atoms with Crippen molar-refractivity contribution in [2.45, 2.75) is 13.8 Å². The number of benzene rings is 2. The van der Waals surface area contributed by atoms with Crippen molar-refractivity contribution in [1.29, 1.82) is 0 Å². The van der Waals surface area contributed by atoms with Crippen LogP contribution < -0.4 is 10.6 Å². The van der Waals surface area contributed by atoms with Gasteiger partial charge in [-0.2, -0.15) is 0 Å². The maximum atomic E-state index is 12.2. The normalized spacial score (nSPS) is 9.92. The molecule has 0 saturated heterocycles. The molecule has 0 aliphatic heterocycles. The fraction of sp³-hybridized carbons (Fsp3) is 0.167. The first-order valence-corrected chi connectivity index (χ1v) is 7.46. The zero-order valence-corrected chi connectivity index (χ0v) is 13.5. The van der Waals surface area contributed by atoms with E-state index in [0.29, 0.717) is 22.5 Å². The van der Waals surface area contributed by atoms with Gasteiger partial charge in [-0.05, 0) is 50.2 Å². The first-order chi connectivity index (χ1) is 11.5. The quantitative estimate of drug-likeness (QED) is 0.820. The molecule has 2 aromatic carbocycles. The van der Waals surface area contributed by atoms with Crippen LogP contribution in [0.2, 0.25) is 0 Å². The second kappa shape index (κ2) is 7.92. The van der Waals surface area contributed by atoms with Gasteiger partial charge < -0.3 is 10.1 Å².